The molecule has 1 heterocycles. The minimum absolute atomic E-state index is 0.0473. The van der Waals surface area contributed by atoms with Gasteiger partial charge in [-0.25, -0.2) is 4.98 Å². The van der Waals surface area contributed by atoms with E-state index in [1.807, 2.05) is 0 Å². The predicted octanol–water partition coefficient (Wildman–Crippen LogP) is 3.53. The van der Waals surface area contributed by atoms with Crippen LogP contribution in [0.15, 0.2) is 12.3 Å². The van der Waals surface area contributed by atoms with Gasteiger partial charge < -0.3 is 4.74 Å². The Morgan fingerprint density at radius 2 is 2.14 bits per heavy atom. The SMILES string of the molecule is FC(F)(F)Oc1cc(Cl)ncc1CBr. The highest BCUT2D eigenvalue weighted by Crippen LogP contribution is 2.29. The third-order valence-corrected chi connectivity index (χ3v) is 2.09. The van der Waals surface area contributed by atoms with Crippen LogP contribution in [0.25, 0.3) is 0 Å². The van der Waals surface area contributed by atoms with Gasteiger partial charge in [-0.2, -0.15) is 0 Å². The van der Waals surface area contributed by atoms with Crippen LogP contribution in [-0.4, -0.2) is 11.3 Å². The van der Waals surface area contributed by atoms with Gasteiger partial charge in [-0.15, -0.1) is 13.2 Å². The van der Waals surface area contributed by atoms with E-state index in [2.05, 4.69) is 25.7 Å². The Labute approximate surface area is 91.2 Å². The molecular formula is C7H4BrClF3NO. The molecule has 0 spiro atoms. The number of hydrogen-bond acceptors (Lipinski definition) is 2. The number of halogens is 5. The van der Waals surface area contributed by atoms with Crippen LogP contribution < -0.4 is 4.74 Å². The van der Waals surface area contributed by atoms with E-state index in [1.54, 1.807) is 0 Å². The summed E-state index contributed by atoms with van der Waals surface area (Å²) in [5.41, 5.74) is 0.284. The first-order valence-corrected chi connectivity index (χ1v) is 4.88. The van der Waals surface area contributed by atoms with Crippen LogP contribution in [0.1, 0.15) is 5.56 Å². The van der Waals surface area contributed by atoms with Crippen molar-refractivity contribution in [3.63, 3.8) is 0 Å². The van der Waals surface area contributed by atoms with E-state index in [0.29, 0.717) is 0 Å². The van der Waals surface area contributed by atoms with Crippen molar-refractivity contribution >= 4 is 27.5 Å². The van der Waals surface area contributed by atoms with Gasteiger partial charge in [0.1, 0.15) is 10.9 Å². The lowest BCUT2D eigenvalue weighted by Crippen LogP contribution is -2.18. The second-order valence-electron chi connectivity index (χ2n) is 2.30. The normalized spacial score (nSPS) is 11.5. The van der Waals surface area contributed by atoms with Crippen LogP contribution in [0.2, 0.25) is 5.15 Å². The molecule has 0 aliphatic heterocycles. The average Bonchev–Trinajstić information content (AvgIpc) is 2.01. The lowest BCUT2D eigenvalue weighted by atomic mass is 10.3. The predicted molar refractivity (Wildman–Crippen MR) is 48.6 cm³/mol. The molecule has 1 aromatic rings. The monoisotopic (exact) mass is 289 g/mol. The molecule has 0 aliphatic rings. The molecule has 0 bridgehead atoms. The maximum atomic E-state index is 11.9. The molecule has 0 aromatic carbocycles. The van der Waals surface area contributed by atoms with Gasteiger partial charge in [0.15, 0.2) is 0 Å². The van der Waals surface area contributed by atoms with Gasteiger partial charge in [0.25, 0.3) is 0 Å². The van der Waals surface area contributed by atoms with E-state index in [4.69, 9.17) is 11.6 Å². The summed E-state index contributed by atoms with van der Waals surface area (Å²) < 4.78 is 39.4. The fourth-order valence-electron chi connectivity index (χ4n) is 0.761. The maximum absolute atomic E-state index is 11.9. The first kappa shape index (κ1) is 11.6. The van der Waals surface area contributed by atoms with Crippen molar-refractivity contribution in [1.29, 1.82) is 0 Å². The van der Waals surface area contributed by atoms with Gasteiger partial charge in [-0.3, -0.25) is 0 Å². The van der Waals surface area contributed by atoms with Gasteiger partial charge in [0, 0.05) is 23.2 Å². The molecule has 0 aliphatic carbocycles. The lowest BCUT2D eigenvalue weighted by molar-refractivity contribution is -0.274. The second-order valence-corrected chi connectivity index (χ2v) is 3.24. The van der Waals surface area contributed by atoms with Crippen molar-refractivity contribution in [2.75, 3.05) is 0 Å². The van der Waals surface area contributed by atoms with Crippen LogP contribution in [0.5, 0.6) is 5.75 Å². The van der Waals surface area contributed by atoms with Crippen molar-refractivity contribution in [1.82, 2.24) is 4.98 Å². The van der Waals surface area contributed by atoms with E-state index in [0.717, 1.165) is 6.07 Å². The Morgan fingerprint density at radius 1 is 1.50 bits per heavy atom. The zero-order valence-corrected chi connectivity index (χ0v) is 8.95. The van der Waals surface area contributed by atoms with Crippen molar-refractivity contribution in [3.8, 4) is 5.75 Å². The summed E-state index contributed by atoms with van der Waals surface area (Å²) in [6.45, 7) is 0. The van der Waals surface area contributed by atoms with E-state index < -0.39 is 6.36 Å². The maximum Gasteiger partial charge on any atom is 0.573 e. The molecule has 14 heavy (non-hydrogen) atoms. The molecule has 0 saturated heterocycles. The number of alkyl halides is 4. The van der Waals surface area contributed by atoms with Crippen molar-refractivity contribution in [3.05, 3.63) is 23.0 Å². The first-order chi connectivity index (χ1) is 6.42. The highest BCUT2D eigenvalue weighted by atomic mass is 79.9. The Balaban J connectivity index is 2.99. The van der Waals surface area contributed by atoms with E-state index in [1.165, 1.54) is 6.20 Å². The van der Waals surface area contributed by atoms with Crippen molar-refractivity contribution in [2.24, 2.45) is 0 Å². The number of aromatic nitrogens is 1. The van der Waals surface area contributed by atoms with Crippen LogP contribution in [0, 0.1) is 0 Å². The number of pyridine rings is 1. The fourth-order valence-corrected chi connectivity index (χ4v) is 1.33. The number of ether oxygens (including phenoxy) is 1. The highest BCUT2D eigenvalue weighted by Gasteiger charge is 2.32. The fraction of sp³-hybridized carbons (Fsp3) is 0.286. The van der Waals surface area contributed by atoms with Gasteiger partial charge >= 0.3 is 6.36 Å². The van der Waals surface area contributed by atoms with Crippen LogP contribution in [0.3, 0.4) is 0 Å². The smallest absolute Gasteiger partial charge is 0.405 e. The molecule has 0 fully saturated rings. The molecule has 1 rings (SSSR count). The Morgan fingerprint density at radius 3 is 2.64 bits per heavy atom. The molecule has 0 atom stereocenters. The zero-order chi connectivity index (χ0) is 10.8. The summed E-state index contributed by atoms with van der Waals surface area (Å²) in [6, 6.07) is 1.02. The molecule has 78 valence electrons. The van der Waals surface area contributed by atoms with E-state index in [-0.39, 0.29) is 21.8 Å². The lowest BCUT2D eigenvalue weighted by Gasteiger charge is -2.11. The van der Waals surface area contributed by atoms with Crippen molar-refractivity contribution < 1.29 is 17.9 Å². The Hall–Kier alpha value is -0.490. The molecule has 0 unspecified atom stereocenters. The number of hydrogen-bond donors (Lipinski definition) is 0. The van der Waals surface area contributed by atoms with Gasteiger partial charge in [-0.05, 0) is 0 Å². The zero-order valence-electron chi connectivity index (χ0n) is 6.61. The van der Waals surface area contributed by atoms with Crippen LogP contribution in [-0.2, 0) is 5.33 Å². The van der Waals surface area contributed by atoms with E-state index >= 15 is 0 Å². The molecule has 2 nitrogen and oxygen atoms in total. The van der Waals surface area contributed by atoms with Crippen LogP contribution >= 0.6 is 27.5 Å². The van der Waals surface area contributed by atoms with Gasteiger partial charge in [0.05, 0.1) is 0 Å². The molecule has 0 saturated carbocycles. The van der Waals surface area contributed by atoms with Gasteiger partial charge in [-0.1, -0.05) is 27.5 Å². The first-order valence-electron chi connectivity index (χ1n) is 3.38. The molecule has 0 amide bonds. The average molecular weight is 290 g/mol. The summed E-state index contributed by atoms with van der Waals surface area (Å²) in [7, 11) is 0. The standard InChI is InChI=1S/C7H4BrClF3NO/c8-2-4-3-13-6(9)1-5(4)14-7(10,11)12/h1,3H,2H2. The summed E-state index contributed by atoms with van der Waals surface area (Å²) in [6.07, 6.45) is -3.50. The van der Waals surface area contributed by atoms with Gasteiger partial charge in [0.2, 0.25) is 0 Å². The summed E-state index contributed by atoms with van der Waals surface area (Å²) >= 11 is 8.44. The van der Waals surface area contributed by atoms with E-state index in [9.17, 15) is 13.2 Å². The summed E-state index contributed by atoms with van der Waals surface area (Å²) in [5, 5.41) is 0.164. The molecule has 7 heteroatoms. The third kappa shape index (κ3) is 3.34. The molecular weight excluding hydrogens is 286 g/mol. The quantitative estimate of drug-likeness (QED) is 0.614. The molecule has 0 N–H and O–H groups in total. The number of nitrogens with zero attached hydrogens (tertiary/aromatic N) is 1. The van der Waals surface area contributed by atoms with Crippen LogP contribution in [0.4, 0.5) is 13.2 Å². The topological polar surface area (TPSA) is 22.1 Å². The Bertz CT molecular complexity index is 331. The summed E-state index contributed by atoms with van der Waals surface area (Å²) in [5.74, 6) is -0.339. The third-order valence-electron chi connectivity index (χ3n) is 1.28. The second kappa shape index (κ2) is 4.35. The largest absolute Gasteiger partial charge is 0.573 e. The Kier molecular flexibility index (Phi) is 3.60. The summed E-state index contributed by atoms with van der Waals surface area (Å²) in [4.78, 5) is 3.63. The number of rotatable bonds is 2. The van der Waals surface area contributed by atoms with Crippen molar-refractivity contribution in [2.45, 2.75) is 11.7 Å². The minimum atomic E-state index is -4.72. The minimum Gasteiger partial charge on any atom is -0.405 e. The molecule has 0 radical (unpaired) electrons. The highest BCUT2D eigenvalue weighted by molar-refractivity contribution is 9.08. The molecule has 1 aromatic heterocycles.